The van der Waals surface area contributed by atoms with Gasteiger partial charge in [-0.15, -0.1) is 0 Å². The molecule has 158 valence electrons. The van der Waals surface area contributed by atoms with Crippen LogP contribution in [-0.2, 0) is 9.59 Å². The summed E-state index contributed by atoms with van der Waals surface area (Å²) in [4.78, 5) is 35.9. The number of hydroxylamine groups is 1. The molecule has 0 spiro atoms. The van der Waals surface area contributed by atoms with Crippen molar-refractivity contribution in [3.8, 4) is 11.1 Å². The quantitative estimate of drug-likeness (QED) is 0.291. The molecule has 1 aliphatic rings. The van der Waals surface area contributed by atoms with Gasteiger partial charge >= 0.3 is 0 Å². The molecule has 0 bridgehead atoms. The maximum atomic E-state index is 12.3. The highest BCUT2D eigenvalue weighted by atomic mass is 16.5. The van der Waals surface area contributed by atoms with Crippen molar-refractivity contribution in [3.05, 3.63) is 54.1 Å². The summed E-state index contributed by atoms with van der Waals surface area (Å²) in [5.41, 5.74) is 9.81. The molecule has 1 fully saturated rings. The Labute approximate surface area is 174 Å². The molecule has 0 aliphatic carbocycles. The van der Waals surface area contributed by atoms with Crippen LogP contribution in [0.2, 0.25) is 0 Å². The summed E-state index contributed by atoms with van der Waals surface area (Å²) in [5, 5.41) is 17.2. The van der Waals surface area contributed by atoms with E-state index < -0.39 is 17.9 Å². The minimum atomic E-state index is -1.02. The minimum absolute atomic E-state index is 0.0266. The van der Waals surface area contributed by atoms with E-state index in [1.165, 1.54) is 5.48 Å². The third kappa shape index (κ3) is 5.20. The highest BCUT2D eigenvalue weighted by molar-refractivity contribution is 5.98. The van der Waals surface area contributed by atoms with Crippen molar-refractivity contribution in [1.82, 2.24) is 16.1 Å². The van der Waals surface area contributed by atoms with Gasteiger partial charge in [-0.1, -0.05) is 24.3 Å². The van der Waals surface area contributed by atoms with Crippen LogP contribution in [0, 0.1) is 0 Å². The third-order valence-corrected chi connectivity index (χ3v) is 4.98. The summed E-state index contributed by atoms with van der Waals surface area (Å²) < 4.78 is 0. The van der Waals surface area contributed by atoms with Gasteiger partial charge in [0.15, 0.2) is 0 Å². The number of hydrogen-bond donors (Lipinski definition) is 6. The molecule has 3 rings (SSSR count). The fourth-order valence-electron chi connectivity index (χ4n) is 3.25. The second-order valence-corrected chi connectivity index (χ2v) is 7.03. The zero-order valence-electron chi connectivity index (χ0n) is 16.4. The van der Waals surface area contributed by atoms with Gasteiger partial charge in [0, 0.05) is 17.8 Å². The zero-order valence-corrected chi connectivity index (χ0v) is 16.4. The number of rotatable bonds is 7. The number of hydrogen-bond acceptors (Lipinski definition) is 6. The van der Waals surface area contributed by atoms with Crippen LogP contribution in [0.25, 0.3) is 11.1 Å². The summed E-state index contributed by atoms with van der Waals surface area (Å²) in [5.74, 6) is -1.28. The SMILES string of the molecule is NC[C@H](NC(=O)c1ccc(-c2ccc(NC(=O)[C@@H]3CCCN3)cc2)cc1)C(=O)NO. The fourth-order valence-corrected chi connectivity index (χ4v) is 3.25. The lowest BCUT2D eigenvalue weighted by molar-refractivity contribution is -0.130. The summed E-state index contributed by atoms with van der Waals surface area (Å²) in [6.07, 6.45) is 1.85. The predicted octanol–water partition coefficient (Wildman–Crippen LogP) is 0.607. The summed E-state index contributed by atoms with van der Waals surface area (Å²) in [6, 6.07) is 13.1. The van der Waals surface area contributed by atoms with Gasteiger partial charge in [0.1, 0.15) is 6.04 Å². The molecular weight excluding hydrogens is 386 g/mol. The average Bonchev–Trinajstić information content (AvgIpc) is 3.32. The van der Waals surface area contributed by atoms with Crippen LogP contribution in [0.5, 0.6) is 0 Å². The van der Waals surface area contributed by atoms with E-state index in [1.54, 1.807) is 24.3 Å². The normalized spacial score (nSPS) is 16.5. The van der Waals surface area contributed by atoms with Crippen molar-refractivity contribution < 1.29 is 19.6 Å². The van der Waals surface area contributed by atoms with Gasteiger partial charge in [0.2, 0.25) is 5.91 Å². The first-order chi connectivity index (χ1) is 14.5. The highest BCUT2D eigenvalue weighted by Gasteiger charge is 2.22. The van der Waals surface area contributed by atoms with Gasteiger partial charge in [0.05, 0.1) is 6.04 Å². The summed E-state index contributed by atoms with van der Waals surface area (Å²) in [6.45, 7) is 0.725. The Hall–Kier alpha value is -3.27. The van der Waals surface area contributed by atoms with E-state index in [-0.39, 0.29) is 18.5 Å². The first kappa shape index (κ1) is 21.4. The van der Waals surface area contributed by atoms with Gasteiger partial charge in [0.25, 0.3) is 11.8 Å². The largest absolute Gasteiger partial charge is 0.339 e. The van der Waals surface area contributed by atoms with Crippen molar-refractivity contribution >= 4 is 23.4 Å². The molecule has 30 heavy (non-hydrogen) atoms. The Morgan fingerprint density at radius 1 is 1.07 bits per heavy atom. The molecule has 0 radical (unpaired) electrons. The predicted molar refractivity (Wildman–Crippen MR) is 112 cm³/mol. The standard InChI is InChI=1S/C21H25N5O4/c22-12-18(21(29)26-30)25-19(27)15-5-3-13(4-6-15)14-7-9-16(10-8-14)24-20(28)17-2-1-11-23-17/h3-10,17-18,23,30H,1-2,11-12,22H2,(H,24,28)(H,25,27)(H,26,29)/t17-,18-/m0/s1. The van der Waals surface area contributed by atoms with Gasteiger partial charge < -0.3 is 21.7 Å². The Bertz CT molecular complexity index is 893. The second-order valence-electron chi connectivity index (χ2n) is 7.03. The maximum absolute atomic E-state index is 12.3. The highest BCUT2D eigenvalue weighted by Crippen LogP contribution is 2.22. The summed E-state index contributed by atoms with van der Waals surface area (Å²) in [7, 11) is 0. The number of carbonyl (C=O) groups excluding carboxylic acids is 3. The molecule has 9 heteroatoms. The van der Waals surface area contributed by atoms with Crippen molar-refractivity contribution in [3.63, 3.8) is 0 Å². The molecule has 0 unspecified atom stereocenters. The molecule has 2 aromatic rings. The van der Waals surface area contributed by atoms with Gasteiger partial charge in [-0.3, -0.25) is 19.6 Å². The van der Waals surface area contributed by atoms with E-state index in [0.717, 1.165) is 36.2 Å². The molecule has 9 nitrogen and oxygen atoms in total. The van der Waals surface area contributed by atoms with Crippen LogP contribution in [-0.4, -0.2) is 48.1 Å². The van der Waals surface area contributed by atoms with Crippen molar-refractivity contribution in [2.75, 3.05) is 18.4 Å². The first-order valence-electron chi connectivity index (χ1n) is 9.71. The van der Waals surface area contributed by atoms with Crippen LogP contribution >= 0.6 is 0 Å². The minimum Gasteiger partial charge on any atom is -0.339 e. The van der Waals surface area contributed by atoms with Gasteiger partial charge in [-0.25, -0.2) is 5.48 Å². The molecule has 1 heterocycles. The van der Waals surface area contributed by atoms with Crippen molar-refractivity contribution in [1.29, 1.82) is 0 Å². The third-order valence-electron chi connectivity index (χ3n) is 4.98. The number of carbonyl (C=O) groups is 3. The van der Waals surface area contributed by atoms with E-state index in [0.29, 0.717) is 5.56 Å². The first-order valence-corrected chi connectivity index (χ1v) is 9.71. The molecule has 1 saturated heterocycles. The molecule has 0 aromatic heterocycles. The Morgan fingerprint density at radius 2 is 1.70 bits per heavy atom. The average molecular weight is 411 g/mol. The molecule has 2 atom stereocenters. The van der Waals surface area contributed by atoms with Gasteiger partial charge in [-0.2, -0.15) is 0 Å². The number of benzene rings is 2. The Morgan fingerprint density at radius 3 is 2.23 bits per heavy atom. The lowest BCUT2D eigenvalue weighted by Gasteiger charge is -2.14. The lowest BCUT2D eigenvalue weighted by Crippen LogP contribution is -2.50. The molecule has 3 amide bonds. The van der Waals surface area contributed by atoms with Crippen LogP contribution in [0.15, 0.2) is 48.5 Å². The Balaban J connectivity index is 1.62. The lowest BCUT2D eigenvalue weighted by atomic mass is 10.0. The van der Waals surface area contributed by atoms with Crippen LogP contribution in [0.3, 0.4) is 0 Å². The second kappa shape index (κ2) is 9.97. The summed E-state index contributed by atoms with van der Waals surface area (Å²) >= 11 is 0. The number of amides is 3. The van der Waals surface area contributed by atoms with Crippen molar-refractivity contribution in [2.24, 2.45) is 5.73 Å². The van der Waals surface area contributed by atoms with Crippen LogP contribution in [0.1, 0.15) is 23.2 Å². The molecule has 7 N–H and O–H groups in total. The molecular formula is C21H25N5O4. The maximum Gasteiger partial charge on any atom is 0.267 e. The van der Waals surface area contributed by atoms with E-state index in [1.807, 2.05) is 24.3 Å². The van der Waals surface area contributed by atoms with Crippen LogP contribution in [0.4, 0.5) is 5.69 Å². The number of nitrogens with one attached hydrogen (secondary N) is 4. The van der Waals surface area contributed by atoms with E-state index in [2.05, 4.69) is 16.0 Å². The molecule has 0 saturated carbocycles. The van der Waals surface area contributed by atoms with E-state index in [9.17, 15) is 14.4 Å². The van der Waals surface area contributed by atoms with Crippen molar-refractivity contribution in [2.45, 2.75) is 24.9 Å². The number of nitrogens with two attached hydrogens (primary N) is 1. The zero-order chi connectivity index (χ0) is 21.5. The monoisotopic (exact) mass is 411 g/mol. The fraction of sp³-hybridized carbons (Fsp3) is 0.286. The Kier molecular flexibility index (Phi) is 7.12. The van der Waals surface area contributed by atoms with Crippen LogP contribution < -0.4 is 27.2 Å². The van der Waals surface area contributed by atoms with Gasteiger partial charge in [-0.05, 0) is 54.8 Å². The smallest absolute Gasteiger partial charge is 0.267 e. The van der Waals surface area contributed by atoms with E-state index >= 15 is 0 Å². The topological polar surface area (TPSA) is 146 Å². The number of anilines is 1. The van der Waals surface area contributed by atoms with E-state index in [4.69, 9.17) is 10.9 Å². The molecule has 2 aromatic carbocycles. The molecule has 1 aliphatic heterocycles.